The first-order valence-electron chi connectivity index (χ1n) is 4.69. The molecule has 0 saturated carbocycles. The smallest absolute Gasteiger partial charge is 0.123 e. The Morgan fingerprint density at radius 2 is 2.15 bits per heavy atom. The Morgan fingerprint density at radius 1 is 1.38 bits per heavy atom. The predicted octanol–water partition coefficient (Wildman–Crippen LogP) is 3.22. The van der Waals surface area contributed by atoms with Crippen LogP contribution in [0.25, 0.3) is 6.08 Å². The molecule has 1 unspecified atom stereocenters. The molecule has 1 aromatic carbocycles. The number of hydrogen-bond acceptors (Lipinski definition) is 1. The van der Waals surface area contributed by atoms with Crippen LogP contribution in [-0.2, 0) is 0 Å². The third-order valence-corrected chi connectivity index (χ3v) is 2.75. The van der Waals surface area contributed by atoms with Crippen LogP contribution < -0.4 is 0 Å². The van der Waals surface area contributed by atoms with Gasteiger partial charge in [0, 0.05) is 5.56 Å². The molecule has 0 aromatic heterocycles. The first kappa shape index (κ1) is 8.36. The zero-order chi connectivity index (χ0) is 9.42. The van der Waals surface area contributed by atoms with Gasteiger partial charge in [-0.3, -0.25) is 0 Å². The van der Waals surface area contributed by atoms with Gasteiger partial charge < -0.3 is 5.11 Å². The van der Waals surface area contributed by atoms with E-state index in [4.69, 9.17) is 0 Å². The van der Waals surface area contributed by atoms with Gasteiger partial charge in [-0.05, 0) is 36.5 Å². The van der Waals surface area contributed by atoms with Crippen LogP contribution >= 0.6 is 0 Å². The van der Waals surface area contributed by atoms with Crippen molar-refractivity contribution in [1.82, 2.24) is 0 Å². The van der Waals surface area contributed by atoms with Gasteiger partial charge >= 0.3 is 0 Å². The molecule has 0 amide bonds. The standard InChI is InChI=1S/C12H14O/c1-8-4-3-5-10-11(13)7-6-9(2)12(8)10/h3,5-8,13H,4H2,1-2H3. The molecule has 1 N–H and O–H groups in total. The highest BCUT2D eigenvalue weighted by Crippen LogP contribution is 2.36. The number of phenolic OH excluding ortho intramolecular Hbond substituents is 1. The van der Waals surface area contributed by atoms with Crippen molar-refractivity contribution in [2.45, 2.75) is 26.2 Å². The molecule has 2 rings (SSSR count). The number of allylic oxidation sites excluding steroid dienone is 1. The van der Waals surface area contributed by atoms with Gasteiger partial charge in [0.1, 0.15) is 5.75 Å². The van der Waals surface area contributed by atoms with Gasteiger partial charge in [0.05, 0.1) is 0 Å². The third-order valence-electron chi connectivity index (χ3n) is 2.75. The van der Waals surface area contributed by atoms with Crippen LogP contribution in [0.2, 0.25) is 0 Å². The van der Waals surface area contributed by atoms with E-state index >= 15 is 0 Å². The molecule has 0 saturated heterocycles. The van der Waals surface area contributed by atoms with Crippen LogP contribution in [0.1, 0.15) is 36.0 Å². The van der Waals surface area contributed by atoms with Gasteiger partial charge in [-0.1, -0.05) is 25.1 Å². The van der Waals surface area contributed by atoms with E-state index in [0.29, 0.717) is 11.7 Å². The molecule has 13 heavy (non-hydrogen) atoms. The molecule has 0 fully saturated rings. The van der Waals surface area contributed by atoms with E-state index in [9.17, 15) is 5.11 Å². The highest BCUT2D eigenvalue weighted by Gasteiger charge is 2.16. The molecule has 0 spiro atoms. The van der Waals surface area contributed by atoms with Gasteiger partial charge in [0.15, 0.2) is 0 Å². The van der Waals surface area contributed by atoms with E-state index < -0.39 is 0 Å². The Hall–Kier alpha value is -1.24. The minimum atomic E-state index is 0.406. The van der Waals surface area contributed by atoms with E-state index in [0.717, 1.165) is 12.0 Å². The Labute approximate surface area is 78.7 Å². The summed E-state index contributed by atoms with van der Waals surface area (Å²) in [5.74, 6) is 0.940. The van der Waals surface area contributed by atoms with Crippen molar-refractivity contribution in [3.05, 3.63) is 34.9 Å². The Bertz CT molecular complexity index is 364. The molecule has 0 radical (unpaired) electrons. The Morgan fingerprint density at radius 3 is 2.85 bits per heavy atom. The number of hydrogen-bond donors (Lipinski definition) is 1. The molecule has 1 aromatic rings. The number of phenols is 1. The second-order valence-corrected chi connectivity index (χ2v) is 3.77. The molecule has 1 aliphatic rings. The van der Waals surface area contributed by atoms with E-state index in [-0.39, 0.29) is 0 Å². The number of aromatic hydroxyl groups is 1. The fourth-order valence-electron chi connectivity index (χ4n) is 2.07. The summed E-state index contributed by atoms with van der Waals surface area (Å²) in [7, 11) is 0. The maximum Gasteiger partial charge on any atom is 0.123 e. The van der Waals surface area contributed by atoms with Crippen molar-refractivity contribution in [1.29, 1.82) is 0 Å². The normalized spacial score (nSPS) is 20.0. The van der Waals surface area contributed by atoms with Gasteiger partial charge in [0.2, 0.25) is 0 Å². The Balaban J connectivity index is 2.69. The number of rotatable bonds is 0. The van der Waals surface area contributed by atoms with E-state index in [2.05, 4.69) is 19.9 Å². The number of fused-ring (bicyclic) bond motifs is 1. The minimum Gasteiger partial charge on any atom is -0.507 e. The minimum absolute atomic E-state index is 0.406. The quantitative estimate of drug-likeness (QED) is 0.640. The van der Waals surface area contributed by atoms with Crippen LogP contribution in [0.4, 0.5) is 0 Å². The number of aryl methyl sites for hydroxylation is 1. The van der Waals surface area contributed by atoms with Gasteiger partial charge in [-0.25, -0.2) is 0 Å². The molecule has 1 aliphatic carbocycles. The topological polar surface area (TPSA) is 20.2 Å². The lowest BCUT2D eigenvalue weighted by atomic mass is 9.85. The monoisotopic (exact) mass is 174 g/mol. The summed E-state index contributed by atoms with van der Waals surface area (Å²) in [5, 5.41) is 9.65. The summed E-state index contributed by atoms with van der Waals surface area (Å²) < 4.78 is 0. The zero-order valence-electron chi connectivity index (χ0n) is 8.04. The summed E-state index contributed by atoms with van der Waals surface area (Å²) >= 11 is 0. The van der Waals surface area contributed by atoms with E-state index in [1.165, 1.54) is 11.1 Å². The lowest BCUT2D eigenvalue weighted by Crippen LogP contribution is -2.02. The molecule has 68 valence electrons. The SMILES string of the molecule is Cc1ccc(O)c2c1C(C)CC=C2. The lowest BCUT2D eigenvalue weighted by Gasteiger charge is -2.20. The summed E-state index contributed by atoms with van der Waals surface area (Å²) in [6.07, 6.45) is 5.24. The van der Waals surface area contributed by atoms with Crippen LogP contribution in [0.3, 0.4) is 0 Å². The van der Waals surface area contributed by atoms with E-state index in [1.807, 2.05) is 12.1 Å². The van der Waals surface area contributed by atoms with Gasteiger partial charge in [0.25, 0.3) is 0 Å². The summed E-state index contributed by atoms with van der Waals surface area (Å²) in [4.78, 5) is 0. The maximum absolute atomic E-state index is 9.65. The highest BCUT2D eigenvalue weighted by molar-refractivity contribution is 5.65. The largest absolute Gasteiger partial charge is 0.507 e. The first-order chi connectivity index (χ1) is 6.20. The van der Waals surface area contributed by atoms with Crippen molar-refractivity contribution in [3.63, 3.8) is 0 Å². The van der Waals surface area contributed by atoms with Crippen LogP contribution in [0, 0.1) is 6.92 Å². The van der Waals surface area contributed by atoms with Crippen LogP contribution in [0.15, 0.2) is 18.2 Å². The molecule has 0 aliphatic heterocycles. The van der Waals surface area contributed by atoms with Gasteiger partial charge in [-0.2, -0.15) is 0 Å². The fourth-order valence-corrected chi connectivity index (χ4v) is 2.07. The first-order valence-corrected chi connectivity index (χ1v) is 4.69. The average Bonchev–Trinajstić information content (AvgIpc) is 2.12. The summed E-state index contributed by atoms with van der Waals surface area (Å²) in [6, 6.07) is 3.76. The lowest BCUT2D eigenvalue weighted by molar-refractivity contribution is 0.471. The molecule has 0 bridgehead atoms. The summed E-state index contributed by atoms with van der Waals surface area (Å²) in [5.41, 5.74) is 3.60. The van der Waals surface area contributed by atoms with Crippen molar-refractivity contribution < 1.29 is 5.11 Å². The summed E-state index contributed by atoms with van der Waals surface area (Å²) in [6.45, 7) is 4.31. The number of benzene rings is 1. The zero-order valence-corrected chi connectivity index (χ0v) is 8.04. The van der Waals surface area contributed by atoms with Gasteiger partial charge in [-0.15, -0.1) is 0 Å². The Kier molecular flexibility index (Phi) is 1.87. The average molecular weight is 174 g/mol. The second kappa shape index (κ2) is 2.91. The molecule has 1 nitrogen and oxygen atoms in total. The predicted molar refractivity (Wildman–Crippen MR) is 54.9 cm³/mol. The molecular weight excluding hydrogens is 160 g/mol. The van der Waals surface area contributed by atoms with Crippen molar-refractivity contribution >= 4 is 6.08 Å². The molecular formula is C12H14O. The van der Waals surface area contributed by atoms with Crippen LogP contribution in [-0.4, -0.2) is 5.11 Å². The van der Waals surface area contributed by atoms with Crippen LogP contribution in [0.5, 0.6) is 5.75 Å². The molecule has 1 heteroatoms. The molecule has 1 atom stereocenters. The fraction of sp³-hybridized carbons (Fsp3) is 0.333. The van der Waals surface area contributed by atoms with Crippen molar-refractivity contribution in [2.75, 3.05) is 0 Å². The van der Waals surface area contributed by atoms with Crippen molar-refractivity contribution in [3.8, 4) is 5.75 Å². The van der Waals surface area contributed by atoms with E-state index in [1.54, 1.807) is 6.07 Å². The van der Waals surface area contributed by atoms with Crippen molar-refractivity contribution in [2.24, 2.45) is 0 Å². The third kappa shape index (κ3) is 1.24. The second-order valence-electron chi connectivity index (χ2n) is 3.77. The molecule has 0 heterocycles. The maximum atomic E-state index is 9.65. The highest BCUT2D eigenvalue weighted by atomic mass is 16.3.